The highest BCUT2D eigenvalue weighted by Gasteiger charge is 2.15. The third kappa shape index (κ3) is 6.48. The molecule has 1 amide bonds. The van der Waals surface area contributed by atoms with Crippen LogP contribution >= 0.6 is 11.8 Å². The van der Waals surface area contributed by atoms with E-state index in [1.807, 2.05) is 18.7 Å². The second kappa shape index (κ2) is 10.1. The Kier molecular flexibility index (Phi) is 8.13. The molecule has 1 aliphatic heterocycles. The van der Waals surface area contributed by atoms with Crippen LogP contribution in [-0.4, -0.2) is 48.5 Å². The van der Waals surface area contributed by atoms with Crippen LogP contribution in [0.1, 0.15) is 44.2 Å². The van der Waals surface area contributed by atoms with Crippen LogP contribution in [0.3, 0.4) is 0 Å². The number of carbonyl (C=O) groups excluding carboxylic acids is 1. The van der Waals surface area contributed by atoms with Gasteiger partial charge in [-0.05, 0) is 43.4 Å². The minimum Gasteiger partial charge on any atom is -0.356 e. The molecule has 134 valence electrons. The summed E-state index contributed by atoms with van der Waals surface area (Å²) in [6, 6.07) is 8.53. The molecule has 0 spiro atoms. The molecule has 4 heteroatoms. The van der Waals surface area contributed by atoms with Gasteiger partial charge in [0.05, 0.1) is 5.92 Å². The first-order valence-corrected chi connectivity index (χ1v) is 10.4. The van der Waals surface area contributed by atoms with Gasteiger partial charge in [-0.1, -0.05) is 38.1 Å². The molecule has 2 rings (SSSR count). The van der Waals surface area contributed by atoms with Crippen molar-refractivity contribution in [3.05, 3.63) is 35.4 Å². The number of thioether (sulfide) groups is 1. The SMILES string of the molecule is CC(C)Cc1ccc([C@@H](C)C(=O)NCCCN2CCSCC2)cc1. The van der Waals surface area contributed by atoms with Gasteiger partial charge in [-0.3, -0.25) is 4.79 Å². The lowest BCUT2D eigenvalue weighted by Gasteiger charge is -2.26. The zero-order valence-electron chi connectivity index (χ0n) is 15.4. The molecule has 1 aromatic rings. The molecule has 1 heterocycles. The monoisotopic (exact) mass is 348 g/mol. The van der Waals surface area contributed by atoms with Gasteiger partial charge in [-0.2, -0.15) is 11.8 Å². The first-order chi connectivity index (χ1) is 11.6. The Morgan fingerprint density at radius 3 is 2.46 bits per heavy atom. The van der Waals surface area contributed by atoms with Crippen LogP contribution in [0.2, 0.25) is 0 Å². The van der Waals surface area contributed by atoms with Crippen LogP contribution in [0, 0.1) is 5.92 Å². The fourth-order valence-corrected chi connectivity index (χ4v) is 4.04. The number of nitrogens with one attached hydrogen (secondary N) is 1. The second-order valence-corrected chi connectivity index (χ2v) is 8.38. The van der Waals surface area contributed by atoms with Crippen molar-refractivity contribution in [3.8, 4) is 0 Å². The first-order valence-electron chi connectivity index (χ1n) is 9.23. The molecular formula is C20H32N2OS. The van der Waals surface area contributed by atoms with Crippen LogP contribution < -0.4 is 5.32 Å². The van der Waals surface area contributed by atoms with Gasteiger partial charge in [0.25, 0.3) is 0 Å². The van der Waals surface area contributed by atoms with Crippen LogP contribution in [0.5, 0.6) is 0 Å². The minimum atomic E-state index is -0.0792. The molecule has 1 saturated heterocycles. The maximum Gasteiger partial charge on any atom is 0.227 e. The van der Waals surface area contributed by atoms with Gasteiger partial charge in [-0.25, -0.2) is 0 Å². The predicted molar refractivity (Wildman–Crippen MR) is 105 cm³/mol. The summed E-state index contributed by atoms with van der Waals surface area (Å²) in [6.45, 7) is 10.7. The highest BCUT2D eigenvalue weighted by atomic mass is 32.2. The van der Waals surface area contributed by atoms with E-state index in [-0.39, 0.29) is 11.8 Å². The van der Waals surface area contributed by atoms with E-state index in [9.17, 15) is 4.79 Å². The van der Waals surface area contributed by atoms with E-state index in [0.717, 1.165) is 31.5 Å². The molecular weight excluding hydrogens is 316 g/mol. The lowest BCUT2D eigenvalue weighted by molar-refractivity contribution is -0.122. The molecule has 0 aliphatic carbocycles. The summed E-state index contributed by atoms with van der Waals surface area (Å²) in [5.41, 5.74) is 2.45. The van der Waals surface area contributed by atoms with Crippen LogP contribution in [-0.2, 0) is 11.2 Å². The Balaban J connectivity index is 1.71. The number of nitrogens with zero attached hydrogens (tertiary/aromatic N) is 1. The summed E-state index contributed by atoms with van der Waals surface area (Å²) in [5.74, 6) is 3.22. The lowest BCUT2D eigenvalue weighted by Crippen LogP contribution is -2.36. The van der Waals surface area contributed by atoms with E-state index in [0.29, 0.717) is 5.92 Å². The summed E-state index contributed by atoms with van der Waals surface area (Å²) in [7, 11) is 0. The zero-order chi connectivity index (χ0) is 17.4. The minimum absolute atomic E-state index is 0.0792. The van der Waals surface area contributed by atoms with Gasteiger partial charge in [0.2, 0.25) is 5.91 Å². The average molecular weight is 349 g/mol. The van der Waals surface area contributed by atoms with Crippen LogP contribution in [0.15, 0.2) is 24.3 Å². The van der Waals surface area contributed by atoms with E-state index in [1.54, 1.807) is 0 Å². The summed E-state index contributed by atoms with van der Waals surface area (Å²) in [4.78, 5) is 14.8. The highest BCUT2D eigenvalue weighted by Crippen LogP contribution is 2.17. The van der Waals surface area contributed by atoms with Gasteiger partial charge in [-0.15, -0.1) is 0 Å². The largest absolute Gasteiger partial charge is 0.356 e. The van der Waals surface area contributed by atoms with Crippen molar-refractivity contribution >= 4 is 17.7 Å². The molecule has 24 heavy (non-hydrogen) atoms. The molecule has 0 saturated carbocycles. The second-order valence-electron chi connectivity index (χ2n) is 7.16. The third-order valence-corrected chi connectivity index (χ3v) is 5.51. The first kappa shape index (κ1) is 19.3. The molecule has 1 N–H and O–H groups in total. The zero-order valence-corrected chi connectivity index (χ0v) is 16.2. The molecule has 0 aromatic heterocycles. The quantitative estimate of drug-likeness (QED) is 0.729. The number of amides is 1. The molecule has 1 atom stereocenters. The van der Waals surface area contributed by atoms with Crippen molar-refractivity contribution in [2.45, 2.75) is 39.5 Å². The summed E-state index contributed by atoms with van der Waals surface area (Å²) in [6.07, 6.45) is 2.13. The number of carbonyl (C=O) groups is 1. The fraction of sp³-hybridized carbons (Fsp3) is 0.650. The summed E-state index contributed by atoms with van der Waals surface area (Å²) >= 11 is 2.04. The summed E-state index contributed by atoms with van der Waals surface area (Å²) in [5, 5.41) is 3.10. The van der Waals surface area contributed by atoms with Crippen molar-refractivity contribution in [1.82, 2.24) is 10.2 Å². The van der Waals surface area contributed by atoms with E-state index < -0.39 is 0 Å². The maximum absolute atomic E-state index is 12.3. The Morgan fingerprint density at radius 1 is 1.17 bits per heavy atom. The molecule has 0 bridgehead atoms. The van der Waals surface area contributed by atoms with E-state index >= 15 is 0 Å². The Morgan fingerprint density at radius 2 is 1.83 bits per heavy atom. The van der Waals surface area contributed by atoms with Crippen LogP contribution in [0.25, 0.3) is 0 Å². The number of hydrogen-bond acceptors (Lipinski definition) is 3. The molecule has 3 nitrogen and oxygen atoms in total. The Labute approximate surface area is 151 Å². The van der Waals surface area contributed by atoms with Gasteiger partial charge in [0.15, 0.2) is 0 Å². The molecule has 0 radical (unpaired) electrons. The Bertz CT molecular complexity index is 495. The fourth-order valence-electron chi connectivity index (χ4n) is 3.06. The standard InChI is InChI=1S/C20H32N2OS/c1-16(2)15-18-5-7-19(8-6-18)17(3)20(23)21-9-4-10-22-11-13-24-14-12-22/h5-8,16-17H,4,9-15H2,1-3H3,(H,21,23)/t17-/m1/s1. The smallest absolute Gasteiger partial charge is 0.227 e. The highest BCUT2D eigenvalue weighted by molar-refractivity contribution is 7.99. The average Bonchev–Trinajstić information content (AvgIpc) is 2.59. The van der Waals surface area contributed by atoms with Crippen molar-refractivity contribution in [2.75, 3.05) is 37.7 Å². The van der Waals surface area contributed by atoms with Gasteiger partial charge >= 0.3 is 0 Å². The summed E-state index contributed by atoms with van der Waals surface area (Å²) < 4.78 is 0. The van der Waals surface area contributed by atoms with Gasteiger partial charge in [0, 0.05) is 31.1 Å². The lowest BCUT2D eigenvalue weighted by atomic mass is 9.96. The van der Waals surface area contributed by atoms with E-state index in [2.05, 4.69) is 48.3 Å². The van der Waals surface area contributed by atoms with Crippen molar-refractivity contribution in [1.29, 1.82) is 0 Å². The third-order valence-electron chi connectivity index (χ3n) is 4.57. The van der Waals surface area contributed by atoms with E-state index in [1.165, 1.54) is 30.2 Å². The normalized spacial score (nSPS) is 17.0. The number of rotatable bonds is 8. The topological polar surface area (TPSA) is 32.3 Å². The van der Waals surface area contributed by atoms with Crippen molar-refractivity contribution < 1.29 is 4.79 Å². The molecule has 1 aromatic carbocycles. The van der Waals surface area contributed by atoms with Crippen LogP contribution in [0.4, 0.5) is 0 Å². The molecule has 1 fully saturated rings. The molecule has 1 aliphatic rings. The predicted octanol–water partition coefficient (Wildman–Crippen LogP) is 3.54. The van der Waals surface area contributed by atoms with Crippen molar-refractivity contribution in [3.63, 3.8) is 0 Å². The Hall–Kier alpha value is -1.00. The number of benzene rings is 1. The molecule has 0 unspecified atom stereocenters. The van der Waals surface area contributed by atoms with Gasteiger partial charge < -0.3 is 10.2 Å². The number of hydrogen-bond donors (Lipinski definition) is 1. The van der Waals surface area contributed by atoms with E-state index in [4.69, 9.17) is 0 Å². The van der Waals surface area contributed by atoms with Gasteiger partial charge in [0.1, 0.15) is 0 Å². The maximum atomic E-state index is 12.3. The van der Waals surface area contributed by atoms with Crippen molar-refractivity contribution in [2.24, 2.45) is 5.92 Å².